The summed E-state index contributed by atoms with van der Waals surface area (Å²) >= 11 is 0. The first-order valence-electron chi connectivity index (χ1n) is 8.11. The molecule has 0 atom stereocenters. The van der Waals surface area contributed by atoms with Gasteiger partial charge in [0.15, 0.2) is 0 Å². The minimum absolute atomic E-state index is 0.141. The van der Waals surface area contributed by atoms with Crippen molar-refractivity contribution in [3.63, 3.8) is 0 Å². The van der Waals surface area contributed by atoms with E-state index in [9.17, 15) is 13.2 Å². The number of nitrogens with one attached hydrogen (secondary N) is 1. The van der Waals surface area contributed by atoms with Gasteiger partial charge in [-0.2, -0.15) is 4.31 Å². The lowest BCUT2D eigenvalue weighted by Crippen LogP contribution is -2.33. The molecule has 0 unspecified atom stereocenters. The Hall–Kier alpha value is -2.71. The molecule has 0 radical (unpaired) electrons. The zero-order chi connectivity index (χ0) is 18.9. The molecule has 0 aliphatic carbocycles. The number of carbonyl (C=O) groups is 1. The molecule has 26 heavy (non-hydrogen) atoms. The molecular weight excluding hydrogens is 352 g/mol. The van der Waals surface area contributed by atoms with Gasteiger partial charge >= 0.3 is 0 Å². The van der Waals surface area contributed by atoms with Crippen LogP contribution >= 0.6 is 0 Å². The van der Waals surface area contributed by atoms with Gasteiger partial charge in [-0.05, 0) is 50.2 Å². The second kappa shape index (κ2) is 6.89. The number of carbonyl (C=O) groups excluding carboxylic acids is 1. The maximum absolute atomic E-state index is 12.5. The molecule has 1 aromatic carbocycles. The van der Waals surface area contributed by atoms with E-state index in [1.807, 2.05) is 13.8 Å². The van der Waals surface area contributed by atoms with E-state index in [1.54, 1.807) is 54.3 Å². The Morgan fingerprint density at radius 3 is 2.50 bits per heavy atom. The number of nitrogens with zero attached hydrogens (tertiary/aromatic N) is 3. The third kappa shape index (κ3) is 3.47. The molecule has 0 bridgehead atoms. The van der Waals surface area contributed by atoms with E-state index in [0.717, 1.165) is 5.65 Å². The van der Waals surface area contributed by atoms with Gasteiger partial charge in [0.05, 0.1) is 10.5 Å². The highest BCUT2D eigenvalue weighted by atomic mass is 32.2. The van der Waals surface area contributed by atoms with Crippen molar-refractivity contribution in [3.05, 3.63) is 60.6 Å². The maximum Gasteiger partial charge on any atom is 0.257 e. The number of fused-ring (bicyclic) bond motifs is 1. The van der Waals surface area contributed by atoms with E-state index in [2.05, 4.69) is 10.3 Å². The van der Waals surface area contributed by atoms with Gasteiger partial charge in [-0.3, -0.25) is 4.79 Å². The molecular formula is C18H20N4O3S. The Kier molecular flexibility index (Phi) is 4.80. The van der Waals surface area contributed by atoms with Crippen LogP contribution in [0, 0.1) is 0 Å². The van der Waals surface area contributed by atoms with Crippen molar-refractivity contribution in [2.75, 3.05) is 12.4 Å². The molecule has 2 heterocycles. The van der Waals surface area contributed by atoms with Gasteiger partial charge in [-0.15, -0.1) is 0 Å². The fourth-order valence-electron chi connectivity index (χ4n) is 2.41. The monoisotopic (exact) mass is 372 g/mol. The summed E-state index contributed by atoms with van der Waals surface area (Å²) in [7, 11) is -2.00. The molecule has 136 valence electrons. The smallest absolute Gasteiger partial charge is 0.257 e. The Balaban J connectivity index is 1.77. The largest absolute Gasteiger partial charge is 0.322 e. The van der Waals surface area contributed by atoms with Crippen LogP contribution in [0.15, 0.2) is 59.9 Å². The first-order chi connectivity index (χ1) is 12.3. The number of pyridine rings is 1. The number of aromatic nitrogens is 2. The minimum atomic E-state index is -3.54. The van der Waals surface area contributed by atoms with E-state index in [1.165, 1.54) is 16.4 Å². The quantitative estimate of drug-likeness (QED) is 0.746. The maximum atomic E-state index is 12.5. The first-order valence-corrected chi connectivity index (χ1v) is 9.55. The molecule has 0 spiro atoms. The number of rotatable bonds is 5. The molecule has 0 fully saturated rings. The third-order valence-electron chi connectivity index (χ3n) is 4.17. The zero-order valence-corrected chi connectivity index (χ0v) is 15.6. The molecule has 1 amide bonds. The van der Waals surface area contributed by atoms with Crippen LogP contribution in [0.1, 0.15) is 24.2 Å². The van der Waals surface area contributed by atoms with Crippen LogP contribution in [0.3, 0.4) is 0 Å². The Labute approximate surface area is 152 Å². The second-order valence-electron chi connectivity index (χ2n) is 6.20. The lowest BCUT2D eigenvalue weighted by atomic mass is 10.2. The predicted octanol–water partition coefficient (Wildman–Crippen LogP) is 2.62. The molecule has 0 aliphatic heterocycles. The number of imidazole rings is 1. The van der Waals surface area contributed by atoms with Crippen LogP contribution in [-0.4, -0.2) is 41.1 Å². The lowest BCUT2D eigenvalue weighted by Gasteiger charge is -2.21. The summed E-state index contributed by atoms with van der Waals surface area (Å²) in [6.45, 7) is 3.62. The van der Waals surface area contributed by atoms with Gasteiger partial charge in [0, 0.05) is 37.4 Å². The van der Waals surface area contributed by atoms with Gasteiger partial charge in [0.1, 0.15) is 5.65 Å². The van der Waals surface area contributed by atoms with E-state index < -0.39 is 10.0 Å². The normalized spacial score (nSPS) is 12.0. The molecule has 3 rings (SSSR count). The number of benzene rings is 1. The van der Waals surface area contributed by atoms with Crippen molar-refractivity contribution >= 4 is 27.3 Å². The molecule has 0 saturated carbocycles. The fraction of sp³-hybridized carbons (Fsp3) is 0.222. The van der Waals surface area contributed by atoms with Crippen LogP contribution in [0.2, 0.25) is 0 Å². The third-order valence-corrected chi connectivity index (χ3v) is 6.22. The predicted molar refractivity (Wildman–Crippen MR) is 99.7 cm³/mol. The van der Waals surface area contributed by atoms with Crippen molar-refractivity contribution in [1.82, 2.24) is 13.7 Å². The topological polar surface area (TPSA) is 83.8 Å². The highest BCUT2D eigenvalue weighted by Gasteiger charge is 2.22. The number of amides is 1. The summed E-state index contributed by atoms with van der Waals surface area (Å²) in [6.07, 6.45) is 5.11. The van der Waals surface area contributed by atoms with E-state index in [0.29, 0.717) is 11.3 Å². The SMILES string of the molecule is CC(C)N(C)S(=O)(=O)c1ccc(NC(=O)c2ccc3nccn3c2)cc1. The Morgan fingerprint density at radius 1 is 1.15 bits per heavy atom. The number of anilines is 1. The zero-order valence-electron chi connectivity index (χ0n) is 14.7. The Morgan fingerprint density at radius 2 is 1.85 bits per heavy atom. The van der Waals surface area contributed by atoms with E-state index >= 15 is 0 Å². The highest BCUT2D eigenvalue weighted by molar-refractivity contribution is 7.89. The second-order valence-corrected chi connectivity index (χ2v) is 8.20. The minimum Gasteiger partial charge on any atom is -0.322 e. The molecule has 7 nitrogen and oxygen atoms in total. The number of sulfonamides is 1. The lowest BCUT2D eigenvalue weighted by molar-refractivity contribution is 0.102. The van der Waals surface area contributed by atoms with Gasteiger partial charge in [0.25, 0.3) is 5.91 Å². The summed E-state index contributed by atoms with van der Waals surface area (Å²) in [5.41, 5.74) is 1.75. The summed E-state index contributed by atoms with van der Waals surface area (Å²) in [5, 5.41) is 2.76. The van der Waals surface area contributed by atoms with Gasteiger partial charge < -0.3 is 9.72 Å². The Bertz CT molecular complexity index is 1040. The van der Waals surface area contributed by atoms with Crippen molar-refractivity contribution in [2.24, 2.45) is 0 Å². The standard InChI is InChI=1S/C18H20N4O3S/c1-13(2)21(3)26(24,25)16-7-5-15(6-8-16)20-18(23)14-4-9-17-19-10-11-22(17)12-14/h4-13H,1-3H3,(H,20,23). The average molecular weight is 372 g/mol. The van der Waals surface area contributed by atoms with Gasteiger partial charge in [-0.1, -0.05) is 0 Å². The summed E-state index contributed by atoms with van der Waals surface area (Å²) in [4.78, 5) is 16.7. The molecule has 1 N–H and O–H groups in total. The van der Waals surface area contributed by atoms with Crippen molar-refractivity contribution < 1.29 is 13.2 Å². The van der Waals surface area contributed by atoms with E-state index in [-0.39, 0.29) is 16.8 Å². The van der Waals surface area contributed by atoms with Crippen molar-refractivity contribution in [1.29, 1.82) is 0 Å². The van der Waals surface area contributed by atoms with Crippen molar-refractivity contribution in [2.45, 2.75) is 24.8 Å². The average Bonchev–Trinajstić information content (AvgIpc) is 3.09. The highest BCUT2D eigenvalue weighted by Crippen LogP contribution is 2.19. The molecule has 3 aromatic rings. The van der Waals surface area contributed by atoms with Gasteiger partial charge in [0.2, 0.25) is 10.0 Å². The first kappa shape index (κ1) is 18.1. The summed E-state index contributed by atoms with van der Waals surface area (Å²) in [6, 6.07) is 9.44. The van der Waals surface area contributed by atoms with Crippen LogP contribution < -0.4 is 5.32 Å². The summed E-state index contributed by atoms with van der Waals surface area (Å²) < 4.78 is 28.0. The summed E-state index contributed by atoms with van der Waals surface area (Å²) in [5.74, 6) is -0.282. The van der Waals surface area contributed by atoms with Crippen LogP contribution in [-0.2, 0) is 10.0 Å². The van der Waals surface area contributed by atoms with Crippen LogP contribution in [0.5, 0.6) is 0 Å². The fourth-order valence-corrected chi connectivity index (χ4v) is 3.78. The van der Waals surface area contributed by atoms with Crippen LogP contribution in [0.25, 0.3) is 5.65 Å². The van der Waals surface area contributed by atoms with Crippen LogP contribution in [0.4, 0.5) is 5.69 Å². The van der Waals surface area contributed by atoms with E-state index in [4.69, 9.17) is 0 Å². The molecule has 2 aromatic heterocycles. The molecule has 0 saturated heterocycles. The molecule has 0 aliphatic rings. The number of hydrogen-bond donors (Lipinski definition) is 1. The number of hydrogen-bond acceptors (Lipinski definition) is 4. The van der Waals surface area contributed by atoms with Crippen molar-refractivity contribution in [3.8, 4) is 0 Å². The van der Waals surface area contributed by atoms with Gasteiger partial charge in [-0.25, -0.2) is 13.4 Å². The molecule has 8 heteroatoms.